The number of aliphatic hydroxyl groups is 1. The van der Waals surface area contributed by atoms with Crippen LogP contribution in [0.2, 0.25) is 0 Å². The lowest BCUT2D eigenvalue weighted by molar-refractivity contribution is -0.145. The highest BCUT2D eigenvalue weighted by molar-refractivity contribution is 7.98. The maximum Gasteiger partial charge on any atom is 0.326 e. The molecule has 30 heteroatoms. The molecule has 74 heavy (non-hydrogen) atoms. The number of carboxylic acid groups (broad SMARTS) is 2. The summed E-state index contributed by atoms with van der Waals surface area (Å²) in [5.41, 5.74) is 16.8. The van der Waals surface area contributed by atoms with Crippen molar-refractivity contribution in [1.29, 1.82) is 0 Å². The summed E-state index contributed by atoms with van der Waals surface area (Å²) >= 11 is 5.57. The number of carbonyl (C=O) groups excluding carboxylic acids is 11. The van der Waals surface area contributed by atoms with E-state index in [2.05, 4.69) is 55.2 Å². The van der Waals surface area contributed by atoms with E-state index in [0.29, 0.717) is 17.7 Å². The second kappa shape index (κ2) is 32.2. The minimum Gasteiger partial charge on any atom is -0.481 e. The fourth-order valence-corrected chi connectivity index (χ4v) is 7.86. The predicted octanol–water partition coefficient (Wildman–Crippen LogP) is -6.16. The van der Waals surface area contributed by atoms with Crippen molar-refractivity contribution in [3.63, 3.8) is 0 Å². The van der Waals surface area contributed by atoms with Gasteiger partial charge in [0.2, 0.25) is 65.0 Å². The summed E-state index contributed by atoms with van der Waals surface area (Å²) in [4.78, 5) is 168. The van der Waals surface area contributed by atoms with Gasteiger partial charge in [-0.25, -0.2) is 4.79 Å². The Bertz CT molecular complexity index is 2190. The number of aliphatic carboxylic acids is 2. The second-order valence-corrected chi connectivity index (χ2v) is 18.3. The smallest absolute Gasteiger partial charge is 0.326 e. The zero-order chi connectivity index (χ0) is 55.7. The molecule has 0 spiro atoms. The van der Waals surface area contributed by atoms with Gasteiger partial charge in [-0.2, -0.15) is 24.4 Å². The van der Waals surface area contributed by atoms with E-state index in [1.807, 2.05) is 6.26 Å². The van der Waals surface area contributed by atoms with Crippen LogP contribution in [-0.4, -0.2) is 189 Å². The van der Waals surface area contributed by atoms with Gasteiger partial charge in [0.05, 0.1) is 25.6 Å². The van der Waals surface area contributed by atoms with E-state index >= 15 is 0 Å². The molecule has 410 valence electrons. The van der Waals surface area contributed by atoms with Crippen LogP contribution in [0.5, 0.6) is 0 Å². The number of nitrogens with zero attached hydrogens (tertiary/aromatic N) is 1. The maximum absolute atomic E-state index is 14.0. The number of aliphatic hydroxyl groups excluding tert-OH is 1. The Morgan fingerprint density at radius 3 is 1.82 bits per heavy atom. The fourth-order valence-electron chi connectivity index (χ4n) is 7.11. The highest BCUT2D eigenvalue weighted by Crippen LogP contribution is 2.19. The first-order valence-electron chi connectivity index (χ1n) is 23.1. The van der Waals surface area contributed by atoms with E-state index in [-0.39, 0.29) is 44.4 Å². The number of benzene rings is 1. The maximum atomic E-state index is 14.0. The molecule has 0 unspecified atom stereocenters. The molecule has 0 radical (unpaired) electrons. The number of nitrogens with one attached hydrogen (secondary N) is 8. The van der Waals surface area contributed by atoms with E-state index in [4.69, 9.17) is 17.2 Å². The van der Waals surface area contributed by atoms with Gasteiger partial charge in [0.15, 0.2) is 0 Å². The molecule has 28 nitrogen and oxygen atoms in total. The lowest BCUT2D eigenvalue weighted by Gasteiger charge is -2.30. The zero-order valence-corrected chi connectivity index (χ0v) is 42.4. The minimum atomic E-state index is -2.02. The van der Waals surface area contributed by atoms with Crippen molar-refractivity contribution in [2.24, 2.45) is 17.2 Å². The number of carboxylic acids is 2. The van der Waals surface area contributed by atoms with Gasteiger partial charge in [0, 0.05) is 31.6 Å². The van der Waals surface area contributed by atoms with Gasteiger partial charge in [-0.15, -0.1) is 0 Å². The van der Waals surface area contributed by atoms with Gasteiger partial charge in [0.25, 0.3) is 0 Å². The normalized spacial score (nSPS) is 16.2. The van der Waals surface area contributed by atoms with Gasteiger partial charge in [0.1, 0.15) is 48.3 Å². The summed E-state index contributed by atoms with van der Waals surface area (Å²) in [6.07, 6.45) is -0.694. The lowest BCUT2D eigenvalue weighted by Crippen LogP contribution is -2.61. The average Bonchev–Trinajstić information content (AvgIpc) is 3.85. The third-order valence-corrected chi connectivity index (χ3v) is 12.2. The fraction of sp³-hybridized carbons (Fsp3) is 0.568. The molecule has 17 N–H and O–H groups in total. The molecule has 1 aliphatic heterocycles. The third kappa shape index (κ3) is 22.0. The van der Waals surface area contributed by atoms with Crippen molar-refractivity contribution >= 4 is 101 Å². The van der Waals surface area contributed by atoms with Crippen molar-refractivity contribution in [3.8, 4) is 0 Å². The van der Waals surface area contributed by atoms with Crippen molar-refractivity contribution in [2.45, 2.75) is 119 Å². The first kappa shape index (κ1) is 63.1. The Morgan fingerprint density at radius 2 is 1.26 bits per heavy atom. The average molecular weight is 1080 g/mol. The van der Waals surface area contributed by atoms with Gasteiger partial charge in [-0.05, 0) is 56.6 Å². The van der Waals surface area contributed by atoms with Crippen LogP contribution in [0.1, 0.15) is 63.9 Å². The Labute approximate surface area is 434 Å². The van der Waals surface area contributed by atoms with Crippen LogP contribution in [0, 0.1) is 0 Å². The number of carbonyl (C=O) groups is 13. The van der Waals surface area contributed by atoms with Crippen LogP contribution in [0.3, 0.4) is 0 Å². The van der Waals surface area contributed by atoms with Crippen molar-refractivity contribution < 1.29 is 77.6 Å². The largest absolute Gasteiger partial charge is 0.481 e. The standard InChI is InChI=1S/C44H66N12O16S2/c1-22(49-34(60)19-48-38(65)30(21-73)55-37(64)24(45)14-16-74-2)36(63)52-27(17-23-7-4-3-5-8-23)40(67)50-25(10-12-32(46)58)39(66)53-28(18-35(61)62)41(68)54-29(20-57)43(70)56-15-6-9-31(56)42(69)51-26(44(71)72)11-13-33(47)59/h3-5,7-8,22,24-31,57,73H,6,9-21,45H2,1-2H3,(H2,46,58)(H2,47,59)(H,48,65)(H,49,60)(H,50,67)(H,51,69)(H,52,63)(H,53,66)(H,54,68)(H,55,64)(H,61,62)(H,71,72)/t22-,24-,25-,26-,27-,28-,29-,30-,31-/m0/s1. The first-order chi connectivity index (χ1) is 34.9. The number of amides is 11. The van der Waals surface area contributed by atoms with Crippen molar-refractivity contribution in [2.75, 3.05) is 37.5 Å². The third-order valence-electron chi connectivity index (χ3n) is 11.1. The van der Waals surface area contributed by atoms with E-state index in [9.17, 15) is 77.6 Å². The molecule has 1 aliphatic rings. The number of hydrogen-bond donors (Lipinski definition) is 15. The van der Waals surface area contributed by atoms with E-state index < -0.39 is 164 Å². The molecule has 0 bridgehead atoms. The van der Waals surface area contributed by atoms with Gasteiger partial charge >= 0.3 is 11.9 Å². The molecule has 2 rings (SSSR count). The lowest BCUT2D eigenvalue weighted by atomic mass is 10.0. The molecular formula is C44H66N12O16S2. The summed E-state index contributed by atoms with van der Waals surface area (Å²) < 4.78 is 0. The SMILES string of the molecule is CSCC[C@H](N)C(=O)N[C@@H](CS)C(=O)NCC(=O)N[C@@H](C)C(=O)N[C@@H](Cc1ccccc1)C(=O)N[C@@H](CCC(N)=O)C(=O)N[C@@H](CC(=O)O)C(=O)N[C@@H](CO)C(=O)N1CCC[C@H]1C(=O)N[C@@H](CCC(N)=O)C(=O)O. The Morgan fingerprint density at radius 1 is 0.703 bits per heavy atom. The highest BCUT2D eigenvalue weighted by atomic mass is 32.2. The van der Waals surface area contributed by atoms with E-state index in [1.54, 1.807) is 30.3 Å². The first-order valence-corrected chi connectivity index (χ1v) is 25.2. The van der Waals surface area contributed by atoms with Crippen LogP contribution >= 0.6 is 24.4 Å². The number of thioether (sulfide) groups is 1. The summed E-state index contributed by atoms with van der Waals surface area (Å²) in [6, 6.07) is -5.18. The highest BCUT2D eigenvalue weighted by Gasteiger charge is 2.40. The number of nitrogens with two attached hydrogens (primary N) is 3. The minimum absolute atomic E-state index is 0.0332. The number of likely N-dealkylation sites (tertiary alicyclic amines) is 1. The molecule has 11 amide bonds. The summed E-state index contributed by atoms with van der Waals surface area (Å²) in [5, 5.41) is 48.0. The summed E-state index contributed by atoms with van der Waals surface area (Å²) in [7, 11) is 0. The Hall–Kier alpha value is -7.05. The molecule has 1 heterocycles. The molecule has 0 aromatic heterocycles. The number of thiol groups is 1. The number of primary amides is 2. The second-order valence-electron chi connectivity index (χ2n) is 17.0. The number of rotatable bonds is 33. The molecule has 0 saturated carbocycles. The van der Waals surface area contributed by atoms with Gasteiger partial charge in [-0.1, -0.05) is 30.3 Å². The Balaban J connectivity index is 2.25. The molecule has 9 atom stereocenters. The van der Waals surface area contributed by atoms with Crippen LogP contribution in [-0.2, 0) is 68.7 Å². The monoisotopic (exact) mass is 1080 g/mol. The molecule has 1 saturated heterocycles. The van der Waals surface area contributed by atoms with Crippen LogP contribution < -0.4 is 59.7 Å². The van der Waals surface area contributed by atoms with Gasteiger partial charge < -0.3 is 80.0 Å². The van der Waals surface area contributed by atoms with Crippen LogP contribution in [0.25, 0.3) is 0 Å². The van der Waals surface area contributed by atoms with Crippen molar-refractivity contribution in [3.05, 3.63) is 35.9 Å². The molecular weight excluding hydrogens is 1020 g/mol. The number of hydrogen-bond acceptors (Lipinski definition) is 17. The van der Waals surface area contributed by atoms with Crippen LogP contribution in [0.4, 0.5) is 0 Å². The molecule has 1 fully saturated rings. The quantitative estimate of drug-likeness (QED) is 0.0291. The van der Waals surface area contributed by atoms with Crippen LogP contribution in [0.15, 0.2) is 30.3 Å². The summed E-state index contributed by atoms with van der Waals surface area (Å²) in [6.45, 7) is -0.573. The zero-order valence-electron chi connectivity index (χ0n) is 40.7. The molecule has 1 aromatic carbocycles. The molecule has 1 aromatic rings. The predicted molar refractivity (Wildman–Crippen MR) is 266 cm³/mol. The van der Waals surface area contributed by atoms with E-state index in [0.717, 1.165) is 4.90 Å². The van der Waals surface area contributed by atoms with E-state index in [1.165, 1.54) is 18.7 Å². The topological polar surface area (TPSA) is 460 Å². The summed E-state index contributed by atoms with van der Waals surface area (Å²) in [5.74, 6) is -13.1. The Kier molecular flexibility index (Phi) is 27.4. The molecule has 0 aliphatic carbocycles. The van der Waals surface area contributed by atoms with Crippen molar-refractivity contribution in [1.82, 2.24) is 47.4 Å². The van der Waals surface area contributed by atoms with Gasteiger partial charge in [-0.3, -0.25) is 57.5 Å².